The van der Waals surface area contributed by atoms with Crippen LogP contribution in [0.4, 0.5) is 10.5 Å². The molecule has 2 fully saturated rings. The monoisotopic (exact) mass is 676 g/mol. The second-order valence-corrected chi connectivity index (χ2v) is 14.0. The molecular weight excluding hydrogens is 616 g/mol. The third-order valence-corrected chi connectivity index (χ3v) is 8.82. The summed E-state index contributed by atoms with van der Waals surface area (Å²) in [6.45, 7) is 30.2. The Balaban J connectivity index is 0.00000409. The summed E-state index contributed by atoms with van der Waals surface area (Å²) in [7, 11) is 1.73. The van der Waals surface area contributed by atoms with Gasteiger partial charge in [-0.2, -0.15) is 0 Å². The Morgan fingerprint density at radius 3 is 2.27 bits per heavy atom. The number of urea groups is 1. The number of hydrogen-bond acceptors (Lipinski definition) is 6. The number of piperazine rings is 1. The van der Waals surface area contributed by atoms with Gasteiger partial charge in [0.15, 0.2) is 0 Å². The first-order chi connectivity index (χ1) is 22.9. The van der Waals surface area contributed by atoms with E-state index in [1.807, 2.05) is 72.7 Å². The smallest absolute Gasteiger partial charge is 0.323 e. The van der Waals surface area contributed by atoms with Crippen LogP contribution in [0.15, 0.2) is 65.0 Å². The van der Waals surface area contributed by atoms with Gasteiger partial charge in [-0.15, -0.1) is 0 Å². The van der Waals surface area contributed by atoms with Crippen LogP contribution in [-0.2, 0) is 14.3 Å². The standard InChI is InChI=1S/C37H54N6O4.C2H6/c1-12-29(15-13-25(2)24-42-19-21-47-22-20-42)31-23-30(16-14-26(31)3)40-35(46)38-27(4)32(39-28(5)36(6,7)8)33(44)43-18-17-41(11)34(45)37(43,9)10;1-2/h12-16,23H,1,17-22,24H2,2-11H3,(H2,38,40,46);1-2H3/b25-13+,29-15+,32-27+,39-28?;. The summed E-state index contributed by atoms with van der Waals surface area (Å²) in [4.78, 5) is 50.6. The molecule has 2 aliphatic heterocycles. The van der Waals surface area contributed by atoms with Crippen molar-refractivity contribution in [1.29, 1.82) is 0 Å². The summed E-state index contributed by atoms with van der Waals surface area (Å²) in [6.07, 6.45) is 5.98. The molecule has 2 aliphatic rings. The fraction of sp³-hybridized carbons (Fsp3) is 0.538. The van der Waals surface area contributed by atoms with E-state index >= 15 is 0 Å². The molecule has 0 aliphatic carbocycles. The number of rotatable bonds is 9. The Bertz CT molecular complexity index is 1490. The Labute approximate surface area is 295 Å². The van der Waals surface area contributed by atoms with Gasteiger partial charge in [0, 0.05) is 56.9 Å². The number of likely N-dealkylation sites (N-methyl/N-ethyl adjacent to an activating group) is 1. The van der Waals surface area contributed by atoms with Gasteiger partial charge in [-0.05, 0) is 75.8 Å². The lowest BCUT2D eigenvalue weighted by Gasteiger charge is -2.44. The summed E-state index contributed by atoms with van der Waals surface area (Å²) in [5.74, 6) is -0.560. The summed E-state index contributed by atoms with van der Waals surface area (Å²) < 4.78 is 5.46. The lowest BCUT2D eigenvalue weighted by atomic mass is 9.91. The minimum Gasteiger partial charge on any atom is -0.379 e. The van der Waals surface area contributed by atoms with Gasteiger partial charge in [-0.3, -0.25) is 14.5 Å². The molecule has 10 nitrogen and oxygen atoms in total. The minimum atomic E-state index is -1.06. The third-order valence-electron chi connectivity index (χ3n) is 8.82. The first-order valence-electron chi connectivity index (χ1n) is 17.3. The highest BCUT2D eigenvalue weighted by Gasteiger charge is 2.44. The largest absolute Gasteiger partial charge is 0.379 e. The molecule has 1 aromatic rings. The molecule has 49 heavy (non-hydrogen) atoms. The van der Waals surface area contributed by atoms with Crippen LogP contribution in [0.25, 0.3) is 5.57 Å². The summed E-state index contributed by atoms with van der Waals surface area (Å²) in [5, 5.41) is 5.74. The van der Waals surface area contributed by atoms with Gasteiger partial charge in [-0.1, -0.05) is 71.1 Å². The third kappa shape index (κ3) is 11.3. The van der Waals surface area contributed by atoms with Crippen molar-refractivity contribution in [2.24, 2.45) is 10.4 Å². The molecular formula is C39H60N6O4. The molecule has 3 rings (SSSR count). The molecule has 2 heterocycles. The van der Waals surface area contributed by atoms with E-state index in [0.29, 0.717) is 18.8 Å². The maximum absolute atomic E-state index is 14.0. The molecule has 0 saturated carbocycles. The lowest BCUT2D eigenvalue weighted by molar-refractivity contribution is -0.155. The zero-order chi connectivity index (χ0) is 37.1. The zero-order valence-electron chi connectivity index (χ0n) is 32.0. The zero-order valence-corrected chi connectivity index (χ0v) is 32.0. The maximum atomic E-state index is 14.0. The van der Waals surface area contributed by atoms with Crippen LogP contribution in [0.1, 0.15) is 80.4 Å². The topological polar surface area (TPSA) is 107 Å². The van der Waals surface area contributed by atoms with Crippen molar-refractivity contribution in [3.63, 3.8) is 0 Å². The van der Waals surface area contributed by atoms with Crippen molar-refractivity contribution in [3.05, 3.63) is 71.1 Å². The highest BCUT2D eigenvalue weighted by Crippen LogP contribution is 2.27. The van der Waals surface area contributed by atoms with Crippen molar-refractivity contribution < 1.29 is 19.1 Å². The Morgan fingerprint density at radius 2 is 1.67 bits per heavy atom. The highest BCUT2D eigenvalue weighted by molar-refractivity contribution is 6.03. The van der Waals surface area contributed by atoms with Gasteiger partial charge in [0.05, 0.1) is 13.2 Å². The van der Waals surface area contributed by atoms with E-state index in [9.17, 15) is 14.4 Å². The SMILES string of the molecule is C=C/C(=C\C=C(/C)CN1CCOCC1)c1cc(NC(=O)N/C(C)=C(/N=C(C)C(C)(C)C)C(=O)N2CCN(C)C(=O)C2(C)C)ccc1C.CC. The number of amides is 4. The number of carbonyl (C=O) groups excluding carboxylic acids is 3. The first kappa shape index (κ1) is 41.2. The van der Waals surface area contributed by atoms with Crippen LogP contribution in [0, 0.1) is 12.3 Å². The molecule has 0 spiro atoms. The van der Waals surface area contributed by atoms with Crippen LogP contribution in [0.3, 0.4) is 0 Å². The molecule has 0 atom stereocenters. The molecule has 10 heteroatoms. The van der Waals surface area contributed by atoms with E-state index in [1.165, 1.54) is 5.57 Å². The van der Waals surface area contributed by atoms with E-state index in [1.54, 1.807) is 37.6 Å². The van der Waals surface area contributed by atoms with Crippen LogP contribution < -0.4 is 10.6 Å². The number of benzene rings is 1. The molecule has 270 valence electrons. The van der Waals surface area contributed by atoms with Crippen molar-refractivity contribution in [2.75, 3.05) is 58.3 Å². The number of anilines is 1. The van der Waals surface area contributed by atoms with Gasteiger partial charge < -0.3 is 25.2 Å². The number of carbonyl (C=O) groups is 3. The molecule has 0 unspecified atom stereocenters. The number of nitrogens with one attached hydrogen (secondary N) is 2. The first-order valence-corrected chi connectivity index (χ1v) is 17.3. The van der Waals surface area contributed by atoms with Crippen molar-refractivity contribution >= 4 is 34.8 Å². The molecule has 2 N–H and O–H groups in total. The number of nitrogens with zero attached hydrogens (tertiary/aromatic N) is 4. The van der Waals surface area contributed by atoms with E-state index in [4.69, 9.17) is 9.73 Å². The number of aryl methyl sites for hydroxylation is 1. The van der Waals surface area contributed by atoms with Crippen molar-refractivity contribution in [2.45, 2.75) is 81.7 Å². The molecule has 4 amide bonds. The van der Waals surface area contributed by atoms with E-state index in [0.717, 1.165) is 55.3 Å². The number of morpholine rings is 1. The van der Waals surface area contributed by atoms with Crippen LogP contribution in [-0.4, -0.2) is 96.8 Å². The normalized spacial score (nSPS) is 18.3. The summed E-state index contributed by atoms with van der Waals surface area (Å²) in [6, 6.07) is 5.20. The van der Waals surface area contributed by atoms with Crippen LogP contribution in [0.5, 0.6) is 0 Å². The summed E-state index contributed by atoms with van der Waals surface area (Å²) in [5.41, 5.74) is 4.49. The van der Waals surface area contributed by atoms with Crippen LogP contribution >= 0.6 is 0 Å². The second-order valence-electron chi connectivity index (χ2n) is 14.0. The van der Waals surface area contributed by atoms with Gasteiger partial charge >= 0.3 is 6.03 Å². The quantitative estimate of drug-likeness (QED) is 0.170. The highest BCUT2D eigenvalue weighted by atomic mass is 16.5. The molecule has 0 aromatic heterocycles. The van der Waals surface area contributed by atoms with Crippen molar-refractivity contribution in [1.82, 2.24) is 20.0 Å². The average molecular weight is 677 g/mol. The molecule has 2 saturated heterocycles. The van der Waals surface area contributed by atoms with E-state index in [-0.39, 0.29) is 22.7 Å². The fourth-order valence-electron chi connectivity index (χ4n) is 5.39. The fourth-order valence-corrected chi connectivity index (χ4v) is 5.39. The van der Waals surface area contributed by atoms with Crippen LogP contribution in [0.2, 0.25) is 0 Å². The van der Waals surface area contributed by atoms with E-state index < -0.39 is 17.5 Å². The van der Waals surface area contributed by atoms with Gasteiger partial charge in [0.2, 0.25) is 5.91 Å². The Morgan fingerprint density at radius 1 is 1.04 bits per heavy atom. The Kier molecular flexibility index (Phi) is 15.2. The van der Waals surface area contributed by atoms with Gasteiger partial charge in [-0.25, -0.2) is 9.79 Å². The van der Waals surface area contributed by atoms with E-state index in [2.05, 4.69) is 41.2 Å². The predicted molar refractivity (Wildman–Crippen MR) is 203 cm³/mol. The molecule has 0 radical (unpaired) electrons. The van der Waals surface area contributed by atoms with Gasteiger partial charge in [0.1, 0.15) is 11.2 Å². The van der Waals surface area contributed by atoms with Crippen molar-refractivity contribution in [3.8, 4) is 0 Å². The number of aliphatic imine (C=N–C) groups is 1. The minimum absolute atomic E-state index is 0.0960. The molecule has 1 aromatic carbocycles. The number of hydrogen-bond donors (Lipinski definition) is 2. The predicted octanol–water partition coefficient (Wildman–Crippen LogP) is 6.81. The number of ether oxygens (including phenoxy) is 1. The average Bonchev–Trinajstić information content (AvgIpc) is 3.04. The lowest BCUT2D eigenvalue weighted by Crippen LogP contribution is -2.63. The van der Waals surface area contributed by atoms with Gasteiger partial charge in [0.25, 0.3) is 5.91 Å². The Hall–Kier alpha value is -4.02. The maximum Gasteiger partial charge on any atom is 0.323 e. The second kappa shape index (κ2) is 18.1. The summed E-state index contributed by atoms with van der Waals surface area (Å²) >= 11 is 0. The molecule has 0 bridgehead atoms. The number of allylic oxidation sites excluding steroid dienone is 5.